The standard InChI is InChI=1S/C25H30N2O2/c1-18-14-15-21(25(2,3)20-12-8-5-9-13-20)23(16-18)29-24(28)22(27-26)17-19-10-6-4-7-11-19/h4-13,18,21,23H,14-17H2,1-3H3/t18-,21-,23-/m1/s1. The molecule has 1 aliphatic carbocycles. The number of ether oxygens (including phenoxy) is 1. The summed E-state index contributed by atoms with van der Waals surface area (Å²) in [4.78, 5) is 16.1. The van der Waals surface area contributed by atoms with Gasteiger partial charge in [0, 0.05) is 5.92 Å². The third-order valence-corrected chi connectivity index (χ3v) is 6.33. The van der Waals surface area contributed by atoms with E-state index in [-0.39, 0.29) is 29.6 Å². The van der Waals surface area contributed by atoms with E-state index in [1.807, 2.05) is 36.4 Å². The molecular weight excluding hydrogens is 360 g/mol. The van der Waals surface area contributed by atoms with Crippen LogP contribution in [-0.2, 0) is 21.4 Å². The first-order valence-electron chi connectivity index (χ1n) is 10.4. The van der Waals surface area contributed by atoms with E-state index in [1.165, 1.54) is 5.56 Å². The van der Waals surface area contributed by atoms with Crippen LogP contribution in [0.3, 0.4) is 0 Å². The summed E-state index contributed by atoms with van der Waals surface area (Å²) >= 11 is 0. The molecule has 0 unspecified atom stereocenters. The topological polar surface area (TPSA) is 62.7 Å². The van der Waals surface area contributed by atoms with Crippen molar-refractivity contribution in [3.8, 4) is 0 Å². The fourth-order valence-corrected chi connectivity index (χ4v) is 4.51. The van der Waals surface area contributed by atoms with E-state index in [2.05, 4.69) is 49.8 Å². The van der Waals surface area contributed by atoms with E-state index in [1.54, 1.807) is 0 Å². The minimum Gasteiger partial charge on any atom is -0.453 e. The van der Waals surface area contributed by atoms with Gasteiger partial charge in [-0.05, 0) is 35.3 Å². The molecule has 0 N–H and O–H groups in total. The lowest BCUT2D eigenvalue weighted by molar-refractivity contribution is -0.153. The second-order valence-corrected chi connectivity index (χ2v) is 8.77. The molecule has 0 aromatic heterocycles. The van der Waals surface area contributed by atoms with E-state index >= 15 is 0 Å². The minimum atomic E-state index is -0.524. The van der Waals surface area contributed by atoms with Crippen molar-refractivity contribution in [2.75, 3.05) is 0 Å². The number of nitrogens with zero attached hydrogens (tertiary/aromatic N) is 2. The van der Waals surface area contributed by atoms with Gasteiger partial charge in [0.05, 0.1) is 6.42 Å². The zero-order valence-electron chi connectivity index (χ0n) is 17.5. The first-order valence-corrected chi connectivity index (χ1v) is 10.4. The maximum Gasteiger partial charge on any atom is 0.417 e. The monoisotopic (exact) mass is 390 g/mol. The Labute approximate surface area is 173 Å². The van der Waals surface area contributed by atoms with Crippen molar-refractivity contribution in [1.82, 2.24) is 0 Å². The molecule has 3 atom stereocenters. The molecule has 4 nitrogen and oxygen atoms in total. The Morgan fingerprint density at radius 3 is 2.31 bits per heavy atom. The lowest BCUT2D eigenvalue weighted by Crippen LogP contribution is -2.44. The van der Waals surface area contributed by atoms with Crippen molar-refractivity contribution in [2.45, 2.75) is 58.0 Å². The average Bonchev–Trinajstić information content (AvgIpc) is 2.73. The van der Waals surface area contributed by atoms with E-state index in [4.69, 9.17) is 4.74 Å². The molecule has 1 aliphatic rings. The molecule has 0 saturated heterocycles. The highest BCUT2D eigenvalue weighted by molar-refractivity contribution is 6.34. The quantitative estimate of drug-likeness (QED) is 0.294. The van der Waals surface area contributed by atoms with Gasteiger partial charge in [-0.3, -0.25) is 0 Å². The summed E-state index contributed by atoms with van der Waals surface area (Å²) in [5, 5.41) is 0. The highest BCUT2D eigenvalue weighted by Gasteiger charge is 2.43. The summed E-state index contributed by atoms with van der Waals surface area (Å²) in [5.74, 6) is 0.185. The summed E-state index contributed by atoms with van der Waals surface area (Å²) in [5.41, 5.74) is 11.5. The summed E-state index contributed by atoms with van der Waals surface area (Å²) in [7, 11) is 0. The minimum absolute atomic E-state index is 0.0469. The number of esters is 1. The third kappa shape index (κ3) is 5.02. The van der Waals surface area contributed by atoms with Crippen LogP contribution in [0.5, 0.6) is 0 Å². The largest absolute Gasteiger partial charge is 0.453 e. The van der Waals surface area contributed by atoms with Gasteiger partial charge in [0.1, 0.15) is 6.10 Å². The predicted octanol–water partition coefficient (Wildman–Crippen LogP) is 5.23. The Balaban J connectivity index is 1.78. The molecule has 0 radical (unpaired) electrons. The Kier molecular flexibility index (Phi) is 6.66. The van der Waals surface area contributed by atoms with Crippen LogP contribution in [0, 0.1) is 11.8 Å². The molecule has 0 spiro atoms. The van der Waals surface area contributed by atoms with Crippen LogP contribution in [0.4, 0.5) is 0 Å². The fourth-order valence-electron chi connectivity index (χ4n) is 4.51. The number of benzene rings is 2. The predicted molar refractivity (Wildman–Crippen MR) is 115 cm³/mol. The first kappa shape index (κ1) is 21.0. The highest BCUT2D eigenvalue weighted by atomic mass is 16.5. The van der Waals surface area contributed by atoms with Gasteiger partial charge in [0.25, 0.3) is 0 Å². The molecule has 1 saturated carbocycles. The van der Waals surface area contributed by atoms with Gasteiger partial charge in [0.2, 0.25) is 0 Å². The molecule has 29 heavy (non-hydrogen) atoms. The molecule has 0 amide bonds. The van der Waals surface area contributed by atoms with Crippen molar-refractivity contribution in [1.29, 1.82) is 0 Å². The van der Waals surface area contributed by atoms with Crippen LogP contribution in [0.15, 0.2) is 60.7 Å². The van der Waals surface area contributed by atoms with Crippen molar-refractivity contribution >= 4 is 11.7 Å². The zero-order valence-corrected chi connectivity index (χ0v) is 17.5. The van der Waals surface area contributed by atoms with Gasteiger partial charge in [-0.25, -0.2) is 4.79 Å². The Bertz CT molecular complexity index is 870. The van der Waals surface area contributed by atoms with Gasteiger partial charge in [-0.2, -0.15) is 4.79 Å². The molecule has 2 aromatic carbocycles. The van der Waals surface area contributed by atoms with Gasteiger partial charge in [-0.15, -0.1) is 0 Å². The van der Waals surface area contributed by atoms with Crippen LogP contribution < -0.4 is 0 Å². The van der Waals surface area contributed by atoms with Crippen molar-refractivity contribution in [3.05, 3.63) is 77.3 Å². The number of hydrogen-bond donors (Lipinski definition) is 0. The van der Waals surface area contributed by atoms with Crippen LogP contribution in [0.2, 0.25) is 0 Å². The third-order valence-electron chi connectivity index (χ3n) is 6.33. The van der Waals surface area contributed by atoms with Crippen molar-refractivity contribution in [3.63, 3.8) is 0 Å². The van der Waals surface area contributed by atoms with Crippen LogP contribution >= 0.6 is 0 Å². The molecule has 1 fully saturated rings. The van der Waals surface area contributed by atoms with Crippen LogP contribution in [-0.4, -0.2) is 22.6 Å². The first-order chi connectivity index (χ1) is 13.9. The van der Waals surface area contributed by atoms with E-state index in [0.29, 0.717) is 5.92 Å². The van der Waals surface area contributed by atoms with Gasteiger partial charge in [-0.1, -0.05) is 87.9 Å². The molecule has 3 rings (SSSR count). The zero-order chi connectivity index (χ0) is 20.9. The molecule has 0 aliphatic heterocycles. The maximum atomic E-state index is 12.8. The molecule has 152 valence electrons. The Hall–Kier alpha value is -2.71. The Morgan fingerprint density at radius 1 is 1.07 bits per heavy atom. The van der Waals surface area contributed by atoms with Crippen molar-refractivity contribution < 1.29 is 14.3 Å². The van der Waals surface area contributed by atoms with Gasteiger partial charge >= 0.3 is 11.7 Å². The molecular formula is C25H30N2O2. The van der Waals surface area contributed by atoms with Crippen molar-refractivity contribution in [2.24, 2.45) is 11.8 Å². The fraction of sp³-hybridized carbons (Fsp3) is 0.440. The molecule has 2 aromatic rings. The highest BCUT2D eigenvalue weighted by Crippen LogP contribution is 2.43. The molecule has 0 heterocycles. The SMILES string of the molecule is C[C@@H]1CC[C@@H](C(C)(C)c2ccccc2)[C@H](OC(=O)C(Cc2ccccc2)=[N+]=[N-])C1. The molecule has 0 bridgehead atoms. The summed E-state index contributed by atoms with van der Waals surface area (Å²) in [6, 6.07) is 19.9. The van der Waals surface area contributed by atoms with Crippen LogP contribution in [0.1, 0.15) is 51.2 Å². The van der Waals surface area contributed by atoms with E-state index in [0.717, 1.165) is 24.8 Å². The maximum absolute atomic E-state index is 12.8. The second kappa shape index (κ2) is 9.19. The molecule has 4 heteroatoms. The normalized spacial score (nSPS) is 21.8. The number of carbonyl (C=O) groups is 1. The Morgan fingerprint density at radius 2 is 1.69 bits per heavy atom. The van der Waals surface area contributed by atoms with Gasteiger partial charge in [0.15, 0.2) is 0 Å². The number of hydrogen-bond acceptors (Lipinski definition) is 2. The van der Waals surface area contributed by atoms with E-state index in [9.17, 15) is 10.3 Å². The summed E-state index contributed by atoms with van der Waals surface area (Å²) in [6.07, 6.45) is 3.02. The lowest BCUT2D eigenvalue weighted by atomic mass is 9.64. The smallest absolute Gasteiger partial charge is 0.417 e. The van der Waals surface area contributed by atoms with E-state index < -0.39 is 5.97 Å². The second-order valence-electron chi connectivity index (χ2n) is 8.77. The summed E-state index contributed by atoms with van der Waals surface area (Å²) < 4.78 is 5.98. The number of carbonyl (C=O) groups excluding carboxylic acids is 1. The van der Waals surface area contributed by atoms with Crippen LogP contribution in [0.25, 0.3) is 5.53 Å². The average molecular weight is 391 g/mol. The summed E-state index contributed by atoms with van der Waals surface area (Å²) in [6.45, 7) is 6.67. The lowest BCUT2D eigenvalue weighted by Gasteiger charge is -2.43. The van der Waals surface area contributed by atoms with Gasteiger partial charge < -0.3 is 10.3 Å². The number of rotatable bonds is 6.